The highest BCUT2D eigenvalue weighted by Crippen LogP contribution is 2.16. The summed E-state index contributed by atoms with van der Waals surface area (Å²) < 4.78 is 5.85. The molecule has 7 nitrogen and oxygen atoms in total. The summed E-state index contributed by atoms with van der Waals surface area (Å²) in [5.74, 6) is -0.307. The lowest BCUT2D eigenvalue weighted by Crippen LogP contribution is -2.30. The standard InChI is InChI=1S/C12H14N4O3/c1-7-4-5-8-9(6-7)16(15-12(18)19-3)10(14-8)11(17)13-2/h4-6H,1-3H3,(H,13,17)(H,15,18). The van der Waals surface area contributed by atoms with E-state index in [4.69, 9.17) is 0 Å². The Labute approximate surface area is 109 Å². The van der Waals surface area contributed by atoms with E-state index in [-0.39, 0.29) is 5.82 Å². The second-order valence-electron chi connectivity index (χ2n) is 3.95. The van der Waals surface area contributed by atoms with Crippen molar-refractivity contribution >= 4 is 23.0 Å². The molecular weight excluding hydrogens is 248 g/mol. The molecule has 0 spiro atoms. The highest BCUT2D eigenvalue weighted by atomic mass is 16.5. The molecule has 0 aliphatic heterocycles. The van der Waals surface area contributed by atoms with Crippen molar-refractivity contribution in [3.63, 3.8) is 0 Å². The van der Waals surface area contributed by atoms with Gasteiger partial charge in [0.05, 0.1) is 18.1 Å². The molecule has 100 valence electrons. The van der Waals surface area contributed by atoms with Crippen molar-refractivity contribution in [3.05, 3.63) is 29.6 Å². The highest BCUT2D eigenvalue weighted by molar-refractivity contribution is 5.96. The quantitative estimate of drug-likeness (QED) is 0.846. The number of fused-ring (bicyclic) bond motifs is 1. The smallest absolute Gasteiger partial charge is 0.426 e. The van der Waals surface area contributed by atoms with Crippen molar-refractivity contribution in [2.75, 3.05) is 19.6 Å². The van der Waals surface area contributed by atoms with Gasteiger partial charge >= 0.3 is 6.09 Å². The monoisotopic (exact) mass is 262 g/mol. The zero-order chi connectivity index (χ0) is 14.0. The number of ether oxygens (including phenoxy) is 1. The number of carbonyl (C=O) groups is 2. The third-order valence-corrected chi connectivity index (χ3v) is 2.63. The lowest BCUT2D eigenvalue weighted by Gasteiger charge is -2.08. The second kappa shape index (κ2) is 4.97. The Kier molecular flexibility index (Phi) is 3.37. The first-order chi connectivity index (χ1) is 9.06. The van der Waals surface area contributed by atoms with Crippen molar-refractivity contribution in [1.82, 2.24) is 15.0 Å². The van der Waals surface area contributed by atoms with Gasteiger partial charge in [-0.05, 0) is 24.6 Å². The molecular formula is C12H14N4O3. The van der Waals surface area contributed by atoms with Crippen LogP contribution in [-0.2, 0) is 4.74 Å². The summed E-state index contributed by atoms with van der Waals surface area (Å²) in [6.45, 7) is 1.91. The first-order valence-corrected chi connectivity index (χ1v) is 5.63. The number of benzene rings is 1. The SMILES string of the molecule is CNC(=O)c1nc2ccc(C)cc2n1NC(=O)OC. The molecule has 0 saturated carbocycles. The number of hydrogen-bond donors (Lipinski definition) is 2. The number of methoxy groups -OCH3 is 1. The molecule has 0 aliphatic carbocycles. The number of carbonyl (C=O) groups excluding carboxylic acids is 2. The molecule has 2 rings (SSSR count). The van der Waals surface area contributed by atoms with E-state index in [0.29, 0.717) is 11.0 Å². The Morgan fingerprint density at radius 2 is 2.11 bits per heavy atom. The van der Waals surface area contributed by atoms with Crippen LogP contribution < -0.4 is 10.7 Å². The minimum Gasteiger partial charge on any atom is -0.452 e. The summed E-state index contributed by atoms with van der Waals surface area (Å²) in [6.07, 6.45) is -0.675. The second-order valence-corrected chi connectivity index (χ2v) is 3.95. The van der Waals surface area contributed by atoms with Crippen LogP contribution in [0, 0.1) is 6.92 Å². The Morgan fingerprint density at radius 1 is 1.37 bits per heavy atom. The Balaban J connectivity index is 2.62. The van der Waals surface area contributed by atoms with Crippen LogP contribution in [0.15, 0.2) is 18.2 Å². The van der Waals surface area contributed by atoms with Gasteiger partial charge in [0.25, 0.3) is 5.91 Å². The fourth-order valence-electron chi connectivity index (χ4n) is 1.70. The molecule has 2 amide bonds. The van der Waals surface area contributed by atoms with Gasteiger partial charge in [-0.3, -0.25) is 4.79 Å². The average molecular weight is 262 g/mol. The van der Waals surface area contributed by atoms with Gasteiger partial charge in [-0.2, -0.15) is 0 Å². The van der Waals surface area contributed by atoms with Gasteiger partial charge in [0.1, 0.15) is 0 Å². The van der Waals surface area contributed by atoms with Crippen LogP contribution in [0.4, 0.5) is 4.79 Å². The number of imidazole rings is 1. The molecule has 2 N–H and O–H groups in total. The van der Waals surface area contributed by atoms with E-state index in [1.165, 1.54) is 18.8 Å². The summed E-state index contributed by atoms with van der Waals surface area (Å²) in [4.78, 5) is 27.3. The fraction of sp³-hybridized carbons (Fsp3) is 0.250. The topological polar surface area (TPSA) is 85.3 Å². The fourth-order valence-corrected chi connectivity index (χ4v) is 1.70. The van der Waals surface area contributed by atoms with Crippen LogP contribution in [0.25, 0.3) is 11.0 Å². The molecule has 0 unspecified atom stereocenters. The maximum absolute atomic E-state index is 11.8. The summed E-state index contributed by atoms with van der Waals surface area (Å²) >= 11 is 0. The van der Waals surface area contributed by atoms with Crippen molar-refractivity contribution in [2.45, 2.75) is 6.92 Å². The molecule has 0 radical (unpaired) electrons. The van der Waals surface area contributed by atoms with E-state index < -0.39 is 12.0 Å². The third-order valence-electron chi connectivity index (χ3n) is 2.63. The molecule has 7 heteroatoms. The number of nitrogens with one attached hydrogen (secondary N) is 2. The highest BCUT2D eigenvalue weighted by Gasteiger charge is 2.18. The van der Waals surface area contributed by atoms with E-state index in [9.17, 15) is 9.59 Å². The number of amides is 2. The summed E-state index contributed by atoms with van der Waals surface area (Å²) in [7, 11) is 2.74. The van der Waals surface area contributed by atoms with Gasteiger partial charge < -0.3 is 10.1 Å². The van der Waals surface area contributed by atoms with Gasteiger partial charge in [-0.1, -0.05) is 6.07 Å². The van der Waals surface area contributed by atoms with E-state index in [1.807, 2.05) is 19.1 Å². The van der Waals surface area contributed by atoms with E-state index >= 15 is 0 Å². The Bertz CT molecular complexity index is 648. The molecule has 0 atom stereocenters. The normalized spacial score (nSPS) is 10.3. The van der Waals surface area contributed by atoms with Crippen LogP contribution >= 0.6 is 0 Å². The lowest BCUT2D eigenvalue weighted by molar-refractivity contribution is 0.0950. The number of aryl methyl sites for hydroxylation is 1. The van der Waals surface area contributed by atoms with Gasteiger partial charge in [0.2, 0.25) is 5.82 Å². The molecule has 1 heterocycles. The lowest BCUT2D eigenvalue weighted by atomic mass is 10.2. The van der Waals surface area contributed by atoms with Crippen LogP contribution in [-0.4, -0.2) is 35.8 Å². The van der Waals surface area contributed by atoms with Crippen LogP contribution in [0.3, 0.4) is 0 Å². The van der Waals surface area contributed by atoms with Crippen LogP contribution in [0.5, 0.6) is 0 Å². The third kappa shape index (κ3) is 2.35. The van der Waals surface area contributed by atoms with Gasteiger partial charge in [0.15, 0.2) is 0 Å². The summed E-state index contributed by atoms with van der Waals surface area (Å²) in [5.41, 5.74) is 4.69. The predicted octanol–water partition coefficient (Wildman–Crippen LogP) is 1.01. The molecule has 0 aliphatic rings. The maximum atomic E-state index is 11.8. The minimum atomic E-state index is -0.675. The van der Waals surface area contributed by atoms with Crippen molar-refractivity contribution in [3.8, 4) is 0 Å². The van der Waals surface area contributed by atoms with E-state index in [0.717, 1.165) is 5.56 Å². The molecule has 0 bridgehead atoms. The zero-order valence-corrected chi connectivity index (χ0v) is 10.9. The first-order valence-electron chi connectivity index (χ1n) is 5.63. The number of nitrogens with zero attached hydrogens (tertiary/aromatic N) is 2. The zero-order valence-electron chi connectivity index (χ0n) is 10.9. The maximum Gasteiger partial charge on any atom is 0.426 e. The predicted molar refractivity (Wildman–Crippen MR) is 69.6 cm³/mol. The largest absolute Gasteiger partial charge is 0.452 e. The van der Waals surface area contributed by atoms with Gasteiger partial charge in [-0.15, -0.1) is 0 Å². The first kappa shape index (κ1) is 12.9. The van der Waals surface area contributed by atoms with E-state index in [1.54, 1.807) is 6.07 Å². The molecule has 1 aromatic carbocycles. The number of aromatic nitrogens is 2. The Hall–Kier alpha value is -2.57. The van der Waals surface area contributed by atoms with Crippen LogP contribution in [0.2, 0.25) is 0 Å². The number of rotatable bonds is 2. The van der Waals surface area contributed by atoms with Gasteiger partial charge in [0, 0.05) is 7.05 Å². The summed E-state index contributed by atoms with van der Waals surface area (Å²) in [6, 6.07) is 5.49. The number of hydrogen-bond acceptors (Lipinski definition) is 4. The average Bonchev–Trinajstić information content (AvgIpc) is 2.76. The van der Waals surface area contributed by atoms with Crippen LogP contribution in [0.1, 0.15) is 16.2 Å². The molecule has 0 saturated heterocycles. The molecule has 2 aromatic rings. The Morgan fingerprint density at radius 3 is 2.74 bits per heavy atom. The van der Waals surface area contributed by atoms with E-state index in [2.05, 4.69) is 20.5 Å². The minimum absolute atomic E-state index is 0.0912. The van der Waals surface area contributed by atoms with Crippen molar-refractivity contribution in [2.24, 2.45) is 0 Å². The van der Waals surface area contributed by atoms with Crippen molar-refractivity contribution in [1.29, 1.82) is 0 Å². The summed E-state index contributed by atoms with van der Waals surface area (Å²) in [5, 5.41) is 2.47. The molecule has 0 fully saturated rings. The van der Waals surface area contributed by atoms with Crippen molar-refractivity contribution < 1.29 is 14.3 Å². The van der Waals surface area contributed by atoms with Gasteiger partial charge in [-0.25, -0.2) is 19.9 Å². The molecule has 19 heavy (non-hydrogen) atoms. The molecule has 1 aromatic heterocycles.